The van der Waals surface area contributed by atoms with Crippen LogP contribution in [0.2, 0.25) is 0 Å². The average Bonchev–Trinajstić information content (AvgIpc) is 3.85. The summed E-state index contributed by atoms with van der Waals surface area (Å²) in [6.07, 6.45) is 0. The van der Waals surface area contributed by atoms with Gasteiger partial charge in [0, 0.05) is 62.6 Å². The summed E-state index contributed by atoms with van der Waals surface area (Å²) in [5.74, 6) is 1.26. The number of nitrogens with zero attached hydrogens (tertiary/aromatic N) is 3. The summed E-state index contributed by atoms with van der Waals surface area (Å²) in [5.41, 5.74) is 2.51. The summed E-state index contributed by atoms with van der Waals surface area (Å²) in [7, 11) is 0. The van der Waals surface area contributed by atoms with E-state index < -0.39 is 60.4 Å². The molecule has 0 saturated carbocycles. The van der Waals surface area contributed by atoms with Crippen LogP contribution < -0.4 is 0 Å². The van der Waals surface area contributed by atoms with E-state index in [2.05, 4.69) is 24.3 Å². The van der Waals surface area contributed by atoms with Crippen molar-refractivity contribution in [2.75, 3.05) is 0 Å². The van der Waals surface area contributed by atoms with Gasteiger partial charge in [-0.15, -0.1) is 22.7 Å². The lowest BCUT2D eigenvalue weighted by Gasteiger charge is -2.11. The monoisotopic (exact) mass is 683 g/mol. The van der Waals surface area contributed by atoms with Gasteiger partial charge in [0.15, 0.2) is 17.5 Å². The van der Waals surface area contributed by atoms with E-state index in [9.17, 15) is 0 Å². The van der Waals surface area contributed by atoms with Gasteiger partial charge in [0.25, 0.3) is 0 Å². The van der Waals surface area contributed by atoms with Gasteiger partial charge in [0.2, 0.25) is 0 Å². The highest BCUT2D eigenvalue weighted by atomic mass is 32.1. The lowest BCUT2D eigenvalue weighted by Crippen LogP contribution is -2.00. The van der Waals surface area contributed by atoms with Gasteiger partial charge in [-0.25, -0.2) is 15.0 Å². The number of fused-ring (bicyclic) bond motifs is 6. The second kappa shape index (κ2) is 11.8. The van der Waals surface area contributed by atoms with E-state index in [1.807, 2.05) is 66.7 Å². The van der Waals surface area contributed by atoms with Crippen molar-refractivity contribution in [1.29, 1.82) is 0 Å². The minimum atomic E-state index is -0.546. The number of hydrogen-bond donors (Lipinski definition) is 0. The molecule has 0 amide bonds. The molecular formula is C45H27N3S2. The zero-order chi connectivity index (χ0) is 41.7. The highest BCUT2D eigenvalue weighted by Crippen LogP contribution is 2.46. The van der Waals surface area contributed by atoms with E-state index in [1.54, 1.807) is 23.5 Å². The third kappa shape index (κ3) is 4.90. The molecule has 5 heteroatoms. The minimum absolute atomic E-state index is 0.0706. The number of hydrogen-bond acceptors (Lipinski definition) is 5. The van der Waals surface area contributed by atoms with Gasteiger partial charge in [-0.2, -0.15) is 0 Å². The predicted molar refractivity (Wildman–Crippen MR) is 213 cm³/mol. The van der Waals surface area contributed by atoms with Crippen molar-refractivity contribution in [1.82, 2.24) is 15.0 Å². The molecule has 7 aromatic carbocycles. The molecule has 0 aliphatic rings. The lowest BCUT2D eigenvalue weighted by atomic mass is 9.95. The minimum Gasteiger partial charge on any atom is -0.208 e. The maximum absolute atomic E-state index is 8.95. The molecular weight excluding hydrogens is 647 g/mol. The second-order valence-corrected chi connectivity index (χ2v) is 13.8. The zero-order valence-corrected chi connectivity index (χ0v) is 27.6. The first kappa shape index (κ1) is 20.5. The van der Waals surface area contributed by atoms with Crippen molar-refractivity contribution >= 4 is 63.0 Å². The Morgan fingerprint density at radius 2 is 1.08 bits per heavy atom. The van der Waals surface area contributed by atoms with Crippen molar-refractivity contribution in [3.8, 4) is 56.4 Å². The molecule has 0 atom stereocenters. The number of aromatic nitrogens is 3. The third-order valence-electron chi connectivity index (χ3n) is 8.70. The highest BCUT2D eigenvalue weighted by molar-refractivity contribution is 7.26. The Morgan fingerprint density at radius 3 is 1.90 bits per heavy atom. The van der Waals surface area contributed by atoms with Gasteiger partial charge >= 0.3 is 0 Å². The number of benzene rings is 7. The fourth-order valence-electron chi connectivity index (χ4n) is 6.43. The quantitative estimate of drug-likeness (QED) is 0.181. The van der Waals surface area contributed by atoms with Crippen LogP contribution in [0.15, 0.2) is 164 Å². The maximum Gasteiger partial charge on any atom is 0.164 e. The van der Waals surface area contributed by atoms with Gasteiger partial charge in [-0.05, 0) is 47.0 Å². The number of rotatable bonds is 5. The molecule has 0 unspecified atom stereocenters. The second-order valence-electron chi connectivity index (χ2n) is 11.7. The largest absolute Gasteiger partial charge is 0.208 e. The van der Waals surface area contributed by atoms with Crippen molar-refractivity contribution in [2.24, 2.45) is 0 Å². The van der Waals surface area contributed by atoms with E-state index in [0.29, 0.717) is 38.5 Å². The van der Waals surface area contributed by atoms with Gasteiger partial charge in [0.1, 0.15) is 0 Å². The first-order valence-corrected chi connectivity index (χ1v) is 17.4. The molecule has 10 rings (SSSR count). The standard InChI is InChI=1S/C45H27N3S2/c1-4-13-28(14-5-1)32-25-36(29-15-6-2-7-16-29)42-37(26-32)41-35(20-12-22-39(41)50-42)45-47-43(30-17-8-3-9-18-30)46-44(48-45)31-23-24-34-33-19-10-11-21-38(33)49-40(34)27-31/h1-27H/i1D,2D,4D,5D,6D,7D,13D,14D,15D,16D. The Bertz CT molecular complexity index is 3400. The molecule has 3 aromatic heterocycles. The van der Waals surface area contributed by atoms with Crippen LogP contribution in [-0.2, 0) is 0 Å². The van der Waals surface area contributed by atoms with Gasteiger partial charge in [-0.3, -0.25) is 0 Å². The van der Waals surface area contributed by atoms with Crippen LogP contribution in [0.1, 0.15) is 13.7 Å². The van der Waals surface area contributed by atoms with Crippen LogP contribution in [0.3, 0.4) is 0 Å². The predicted octanol–water partition coefficient (Wildman–Crippen LogP) is 12.9. The first-order chi connectivity index (χ1) is 28.9. The van der Waals surface area contributed by atoms with Crippen LogP contribution >= 0.6 is 22.7 Å². The van der Waals surface area contributed by atoms with Gasteiger partial charge in [-0.1, -0.05) is 133 Å². The molecule has 0 saturated heterocycles. The average molecular weight is 684 g/mol. The zero-order valence-electron chi connectivity index (χ0n) is 36.0. The summed E-state index contributed by atoms with van der Waals surface area (Å²) < 4.78 is 89.7. The molecule has 0 spiro atoms. The SMILES string of the molecule is [2H]c1c([2H])c([2H])c(-c2cc(-c3c([2H])c([2H])c([2H])c([2H])c3[2H])c3sc4cccc(-c5nc(-c6ccccc6)nc(-c6ccc7c(c6)sc6ccccc67)n5)c4c3c2)c([2H])c1[2H]. The molecule has 234 valence electrons. The van der Waals surface area contributed by atoms with E-state index in [1.165, 1.54) is 21.4 Å². The van der Waals surface area contributed by atoms with Gasteiger partial charge in [0.05, 0.1) is 13.7 Å². The molecule has 0 aliphatic carbocycles. The number of thiophene rings is 2. The lowest BCUT2D eigenvalue weighted by molar-refractivity contribution is 1.08. The summed E-state index contributed by atoms with van der Waals surface area (Å²) >= 11 is 3.04. The Hall–Kier alpha value is -6.01. The van der Waals surface area contributed by atoms with Gasteiger partial charge < -0.3 is 0 Å². The highest BCUT2D eigenvalue weighted by Gasteiger charge is 2.20. The smallest absolute Gasteiger partial charge is 0.164 e. The Morgan fingerprint density at radius 1 is 0.400 bits per heavy atom. The molecule has 10 aromatic rings. The molecule has 50 heavy (non-hydrogen) atoms. The van der Waals surface area contributed by atoms with Crippen molar-refractivity contribution < 1.29 is 13.7 Å². The summed E-state index contributed by atoms with van der Waals surface area (Å²) in [6.45, 7) is 0. The molecule has 3 heterocycles. The van der Waals surface area contributed by atoms with E-state index in [0.717, 1.165) is 25.9 Å². The van der Waals surface area contributed by atoms with E-state index in [-0.39, 0.29) is 22.3 Å². The van der Waals surface area contributed by atoms with Crippen molar-refractivity contribution in [3.05, 3.63) is 164 Å². The normalized spacial score (nSPS) is 14.4. The van der Waals surface area contributed by atoms with Crippen LogP contribution in [0.4, 0.5) is 0 Å². The van der Waals surface area contributed by atoms with Crippen LogP contribution in [0.25, 0.3) is 96.8 Å². The topological polar surface area (TPSA) is 38.7 Å². The molecule has 0 N–H and O–H groups in total. The summed E-state index contributed by atoms with van der Waals surface area (Å²) in [6, 6.07) is 28.1. The van der Waals surface area contributed by atoms with Crippen LogP contribution in [0, 0.1) is 0 Å². The molecule has 0 fully saturated rings. The summed E-state index contributed by atoms with van der Waals surface area (Å²) in [5, 5.41) is 3.55. The maximum atomic E-state index is 8.95. The third-order valence-corrected chi connectivity index (χ3v) is 11.0. The van der Waals surface area contributed by atoms with E-state index in [4.69, 9.17) is 28.7 Å². The van der Waals surface area contributed by atoms with Crippen molar-refractivity contribution in [2.45, 2.75) is 0 Å². The molecule has 0 radical (unpaired) electrons. The van der Waals surface area contributed by atoms with Crippen LogP contribution in [0.5, 0.6) is 0 Å². The van der Waals surface area contributed by atoms with E-state index >= 15 is 0 Å². The van der Waals surface area contributed by atoms with Crippen molar-refractivity contribution in [3.63, 3.8) is 0 Å². The molecule has 3 nitrogen and oxygen atoms in total. The molecule has 0 aliphatic heterocycles. The Balaban J connectivity index is 1.29. The fraction of sp³-hybridized carbons (Fsp3) is 0. The summed E-state index contributed by atoms with van der Waals surface area (Å²) in [4.78, 5) is 15.1. The Kier molecular flexibility index (Phi) is 4.85. The first-order valence-electron chi connectivity index (χ1n) is 20.8. The fourth-order valence-corrected chi connectivity index (χ4v) is 8.81. The Labute approximate surface area is 310 Å². The molecule has 0 bridgehead atoms. The van der Waals surface area contributed by atoms with Crippen LogP contribution in [-0.4, -0.2) is 15.0 Å².